The molecule has 1 saturated heterocycles. The fraction of sp³-hybridized carbons (Fsp3) is 0.381. The predicted molar refractivity (Wildman–Crippen MR) is 104 cm³/mol. The van der Waals surface area contributed by atoms with Crippen molar-refractivity contribution in [2.45, 2.75) is 36.3 Å². The van der Waals surface area contributed by atoms with Gasteiger partial charge in [0.2, 0.25) is 0 Å². The smallest absolute Gasteiger partial charge is 0.325 e. The summed E-state index contributed by atoms with van der Waals surface area (Å²) < 4.78 is 0. The maximum atomic E-state index is 11.9. The zero-order valence-corrected chi connectivity index (χ0v) is 15.8. The fourth-order valence-electron chi connectivity index (χ4n) is 3.61. The van der Waals surface area contributed by atoms with Gasteiger partial charge in [0.15, 0.2) is 0 Å². The molecular formula is C21H25NO3S. The summed E-state index contributed by atoms with van der Waals surface area (Å²) in [5.41, 5.74) is 0.832. The van der Waals surface area contributed by atoms with E-state index in [2.05, 4.69) is 6.92 Å². The Hall–Kier alpha value is -1.82. The maximum Gasteiger partial charge on any atom is 0.325 e. The highest BCUT2D eigenvalue weighted by Crippen LogP contribution is 2.36. The molecule has 1 aliphatic heterocycles. The molecule has 0 radical (unpaired) electrons. The largest absolute Gasteiger partial charge is 0.480 e. The molecule has 0 saturated carbocycles. The highest BCUT2D eigenvalue weighted by molar-refractivity contribution is 7.99. The van der Waals surface area contributed by atoms with Crippen LogP contribution in [-0.2, 0) is 10.4 Å². The van der Waals surface area contributed by atoms with E-state index in [0.29, 0.717) is 25.9 Å². The molecule has 1 atom stereocenters. The van der Waals surface area contributed by atoms with Gasteiger partial charge in [0.25, 0.3) is 0 Å². The van der Waals surface area contributed by atoms with Crippen LogP contribution in [0.25, 0.3) is 0 Å². The molecule has 1 aliphatic rings. The van der Waals surface area contributed by atoms with Crippen LogP contribution in [0.2, 0.25) is 0 Å². The van der Waals surface area contributed by atoms with Crippen LogP contribution >= 0.6 is 11.8 Å². The van der Waals surface area contributed by atoms with Crippen molar-refractivity contribution in [3.05, 3.63) is 65.7 Å². The lowest BCUT2D eigenvalue weighted by Gasteiger charge is -2.40. The van der Waals surface area contributed by atoms with Gasteiger partial charge in [-0.15, -0.1) is 11.8 Å². The number of thioether (sulfide) groups is 1. The van der Waals surface area contributed by atoms with Gasteiger partial charge >= 0.3 is 5.97 Å². The maximum absolute atomic E-state index is 11.9. The summed E-state index contributed by atoms with van der Waals surface area (Å²) in [7, 11) is 0. The van der Waals surface area contributed by atoms with Crippen LogP contribution in [0, 0.1) is 0 Å². The molecule has 26 heavy (non-hydrogen) atoms. The summed E-state index contributed by atoms with van der Waals surface area (Å²) in [6.07, 6.45) is 1.06. The van der Waals surface area contributed by atoms with E-state index in [1.165, 1.54) is 0 Å². The third-order valence-electron chi connectivity index (χ3n) is 5.04. The normalized spacial score (nSPS) is 18.4. The number of piperidine rings is 1. The van der Waals surface area contributed by atoms with Crippen LogP contribution < -0.4 is 0 Å². The topological polar surface area (TPSA) is 60.8 Å². The molecule has 1 heterocycles. The Labute approximate surface area is 158 Å². The van der Waals surface area contributed by atoms with Gasteiger partial charge in [-0.1, -0.05) is 49.4 Å². The molecule has 0 unspecified atom stereocenters. The first-order valence-corrected chi connectivity index (χ1v) is 9.99. The third-order valence-corrected chi connectivity index (χ3v) is 5.94. The molecule has 1 fully saturated rings. The molecule has 138 valence electrons. The first-order valence-electron chi connectivity index (χ1n) is 9.01. The quantitative estimate of drug-likeness (QED) is 0.754. The van der Waals surface area contributed by atoms with E-state index in [9.17, 15) is 15.0 Å². The molecule has 0 aliphatic carbocycles. The van der Waals surface area contributed by atoms with Crippen molar-refractivity contribution in [1.29, 1.82) is 0 Å². The number of benzene rings is 2. The molecular weight excluding hydrogens is 346 g/mol. The predicted octanol–water partition coefficient (Wildman–Crippen LogP) is 3.91. The van der Waals surface area contributed by atoms with Gasteiger partial charge in [0.1, 0.15) is 6.04 Å². The zero-order valence-electron chi connectivity index (χ0n) is 15.0. The lowest BCUT2D eigenvalue weighted by Crippen LogP contribution is -2.45. The van der Waals surface area contributed by atoms with E-state index in [-0.39, 0.29) is 0 Å². The molecule has 2 N–H and O–H groups in total. The van der Waals surface area contributed by atoms with E-state index in [4.69, 9.17) is 0 Å². The SMILES string of the molecule is CCSc1ccc([C@H](C(=O)O)N2CCC(O)(c3ccccc3)CC2)cc1. The molecule has 0 aromatic heterocycles. The van der Waals surface area contributed by atoms with Gasteiger partial charge < -0.3 is 10.2 Å². The Morgan fingerprint density at radius 2 is 1.73 bits per heavy atom. The van der Waals surface area contributed by atoms with Gasteiger partial charge in [0.05, 0.1) is 5.60 Å². The van der Waals surface area contributed by atoms with E-state index >= 15 is 0 Å². The minimum absolute atomic E-state index is 0.532. The van der Waals surface area contributed by atoms with E-state index < -0.39 is 17.6 Å². The second-order valence-electron chi connectivity index (χ2n) is 6.68. The average molecular weight is 372 g/mol. The van der Waals surface area contributed by atoms with Crippen molar-refractivity contribution >= 4 is 17.7 Å². The van der Waals surface area contributed by atoms with Gasteiger partial charge in [0, 0.05) is 18.0 Å². The number of likely N-dealkylation sites (tertiary alicyclic amines) is 1. The number of aliphatic hydroxyl groups is 1. The minimum atomic E-state index is -0.873. The summed E-state index contributed by atoms with van der Waals surface area (Å²) in [6, 6.07) is 16.8. The van der Waals surface area contributed by atoms with Gasteiger partial charge in [-0.05, 0) is 41.9 Å². The molecule has 2 aromatic rings. The lowest BCUT2D eigenvalue weighted by molar-refractivity contribution is -0.146. The van der Waals surface area contributed by atoms with E-state index in [0.717, 1.165) is 21.8 Å². The Kier molecular flexibility index (Phi) is 6.01. The molecule has 0 spiro atoms. The van der Waals surface area contributed by atoms with Crippen LogP contribution in [0.3, 0.4) is 0 Å². The first-order chi connectivity index (χ1) is 12.5. The lowest BCUT2D eigenvalue weighted by atomic mass is 9.83. The molecule has 0 bridgehead atoms. The highest BCUT2D eigenvalue weighted by atomic mass is 32.2. The fourth-order valence-corrected chi connectivity index (χ4v) is 4.27. The van der Waals surface area contributed by atoms with Crippen LogP contribution in [0.15, 0.2) is 59.5 Å². The summed E-state index contributed by atoms with van der Waals surface area (Å²) in [4.78, 5) is 15.0. The number of carboxylic acids is 1. The summed E-state index contributed by atoms with van der Waals surface area (Å²) in [6.45, 7) is 3.20. The van der Waals surface area contributed by atoms with E-state index in [1.807, 2.05) is 59.5 Å². The molecule has 0 amide bonds. The number of aliphatic carboxylic acids is 1. The van der Waals surface area contributed by atoms with Crippen LogP contribution in [0.5, 0.6) is 0 Å². The van der Waals surface area contributed by atoms with Crippen molar-refractivity contribution in [2.75, 3.05) is 18.8 Å². The Morgan fingerprint density at radius 3 is 2.27 bits per heavy atom. The molecule has 3 rings (SSSR count). The number of hydrogen-bond acceptors (Lipinski definition) is 4. The van der Waals surface area contributed by atoms with Crippen molar-refractivity contribution in [3.8, 4) is 0 Å². The molecule has 4 nitrogen and oxygen atoms in total. The van der Waals surface area contributed by atoms with Gasteiger partial charge in [-0.25, -0.2) is 0 Å². The number of rotatable bonds is 6. The zero-order chi connectivity index (χ0) is 18.6. The number of hydrogen-bond donors (Lipinski definition) is 2. The van der Waals surface area contributed by atoms with Crippen LogP contribution in [0.1, 0.15) is 36.9 Å². The van der Waals surface area contributed by atoms with Crippen molar-refractivity contribution in [3.63, 3.8) is 0 Å². The van der Waals surface area contributed by atoms with Crippen molar-refractivity contribution in [2.24, 2.45) is 0 Å². The summed E-state index contributed by atoms with van der Waals surface area (Å²) in [5, 5.41) is 20.8. The monoisotopic (exact) mass is 371 g/mol. The van der Waals surface area contributed by atoms with E-state index in [1.54, 1.807) is 11.8 Å². The first kappa shape index (κ1) is 19.0. The van der Waals surface area contributed by atoms with Gasteiger partial charge in [-0.3, -0.25) is 9.69 Å². The highest BCUT2D eigenvalue weighted by Gasteiger charge is 2.38. The average Bonchev–Trinajstić information content (AvgIpc) is 2.66. The van der Waals surface area contributed by atoms with Crippen LogP contribution in [-0.4, -0.2) is 39.9 Å². The molecule has 2 aromatic carbocycles. The summed E-state index contributed by atoms with van der Waals surface area (Å²) in [5.74, 6) is 0.150. The number of nitrogens with zero attached hydrogens (tertiary/aromatic N) is 1. The second kappa shape index (κ2) is 8.25. The number of carbonyl (C=O) groups is 1. The van der Waals surface area contributed by atoms with Crippen LogP contribution in [0.4, 0.5) is 0 Å². The van der Waals surface area contributed by atoms with Gasteiger partial charge in [-0.2, -0.15) is 0 Å². The Balaban J connectivity index is 1.73. The Morgan fingerprint density at radius 1 is 1.12 bits per heavy atom. The second-order valence-corrected chi connectivity index (χ2v) is 8.01. The third kappa shape index (κ3) is 4.11. The Bertz CT molecular complexity index is 725. The van der Waals surface area contributed by atoms with Crippen molar-refractivity contribution in [1.82, 2.24) is 4.90 Å². The summed E-state index contributed by atoms with van der Waals surface area (Å²) >= 11 is 1.74. The molecule has 5 heteroatoms. The van der Waals surface area contributed by atoms with Crippen molar-refractivity contribution < 1.29 is 15.0 Å². The number of carboxylic acid groups (broad SMARTS) is 1. The standard InChI is InChI=1S/C21H25NO3S/c1-2-26-18-10-8-16(9-11-18)19(20(23)24)22-14-12-21(25,13-15-22)17-6-4-3-5-7-17/h3-11,19,25H,2,12-15H2,1H3,(H,23,24)/t19-/m1/s1. The minimum Gasteiger partial charge on any atom is -0.480 e.